The first kappa shape index (κ1) is 12.5. The van der Waals surface area contributed by atoms with Gasteiger partial charge in [0, 0.05) is 24.7 Å². The van der Waals surface area contributed by atoms with Gasteiger partial charge in [-0.25, -0.2) is 13.8 Å². The Morgan fingerprint density at radius 2 is 1.80 bits per heavy atom. The Morgan fingerprint density at radius 1 is 1.10 bits per heavy atom. The van der Waals surface area contributed by atoms with E-state index in [0.29, 0.717) is 17.5 Å². The fourth-order valence-corrected chi connectivity index (χ4v) is 2.16. The van der Waals surface area contributed by atoms with Gasteiger partial charge in [-0.1, -0.05) is 30.3 Å². The molecule has 0 spiro atoms. The van der Waals surface area contributed by atoms with Gasteiger partial charge < -0.3 is 0 Å². The first-order chi connectivity index (χ1) is 9.58. The molecule has 0 aliphatic rings. The van der Waals surface area contributed by atoms with Gasteiger partial charge in [-0.2, -0.15) is 0 Å². The van der Waals surface area contributed by atoms with Gasteiger partial charge in [-0.3, -0.25) is 9.36 Å². The lowest BCUT2D eigenvalue weighted by Gasteiger charge is -2.09. The highest BCUT2D eigenvalue weighted by molar-refractivity contribution is 5.80. The van der Waals surface area contributed by atoms with Crippen molar-refractivity contribution in [1.82, 2.24) is 9.55 Å². The lowest BCUT2D eigenvalue weighted by atomic mass is 10.1. The van der Waals surface area contributed by atoms with Crippen LogP contribution in [0.5, 0.6) is 0 Å². The zero-order valence-electron chi connectivity index (χ0n) is 10.6. The molecule has 1 heterocycles. The van der Waals surface area contributed by atoms with E-state index >= 15 is 0 Å². The van der Waals surface area contributed by atoms with E-state index in [1.807, 2.05) is 6.07 Å². The van der Waals surface area contributed by atoms with Crippen molar-refractivity contribution in [2.24, 2.45) is 7.05 Å². The topological polar surface area (TPSA) is 34.9 Å². The average Bonchev–Trinajstić information content (AvgIpc) is 2.43. The molecule has 0 atom stereocenters. The fourth-order valence-electron chi connectivity index (χ4n) is 2.16. The molecule has 0 radical (unpaired) electrons. The minimum absolute atomic E-state index is 0.0180. The third kappa shape index (κ3) is 1.87. The number of rotatable bonds is 1. The Balaban J connectivity index is 2.42. The molecule has 5 heteroatoms. The first-order valence-corrected chi connectivity index (χ1v) is 5.99. The second-order valence-electron chi connectivity index (χ2n) is 4.45. The third-order valence-electron chi connectivity index (χ3n) is 3.13. The van der Waals surface area contributed by atoms with E-state index in [2.05, 4.69) is 4.98 Å². The normalized spacial score (nSPS) is 10.9. The van der Waals surface area contributed by atoms with E-state index in [4.69, 9.17) is 0 Å². The van der Waals surface area contributed by atoms with Crippen LogP contribution in [0.1, 0.15) is 0 Å². The molecule has 0 saturated heterocycles. The van der Waals surface area contributed by atoms with Gasteiger partial charge in [0.05, 0.1) is 5.52 Å². The molecule has 0 bridgehead atoms. The summed E-state index contributed by atoms with van der Waals surface area (Å²) in [7, 11) is 1.51. The van der Waals surface area contributed by atoms with E-state index in [1.54, 1.807) is 24.3 Å². The van der Waals surface area contributed by atoms with Crippen LogP contribution in [0.3, 0.4) is 0 Å². The molecule has 1 aromatic heterocycles. The molecule has 3 aromatic rings. The Kier molecular flexibility index (Phi) is 2.82. The summed E-state index contributed by atoms with van der Waals surface area (Å²) in [6.07, 6.45) is 0. The molecule has 0 unspecified atom stereocenters. The summed E-state index contributed by atoms with van der Waals surface area (Å²) in [5, 5.41) is -0.200. The first-order valence-electron chi connectivity index (χ1n) is 5.99. The van der Waals surface area contributed by atoms with Crippen LogP contribution in [-0.2, 0) is 7.05 Å². The number of benzene rings is 2. The Hall–Kier alpha value is -2.56. The van der Waals surface area contributed by atoms with E-state index in [0.717, 1.165) is 6.07 Å². The van der Waals surface area contributed by atoms with Gasteiger partial charge >= 0.3 is 0 Å². The largest absolute Gasteiger partial charge is 0.295 e. The highest BCUT2D eigenvalue weighted by Crippen LogP contribution is 2.20. The Labute approximate surface area is 113 Å². The smallest absolute Gasteiger partial charge is 0.264 e. The maximum atomic E-state index is 13.7. The highest BCUT2D eigenvalue weighted by Gasteiger charge is 2.14. The monoisotopic (exact) mass is 272 g/mol. The van der Waals surface area contributed by atoms with Crippen molar-refractivity contribution in [1.29, 1.82) is 0 Å². The predicted octanol–water partition coefficient (Wildman–Crippen LogP) is 2.88. The summed E-state index contributed by atoms with van der Waals surface area (Å²) in [6.45, 7) is 0. The molecule has 0 saturated carbocycles. The van der Waals surface area contributed by atoms with E-state index in [1.165, 1.54) is 11.6 Å². The quantitative estimate of drug-likeness (QED) is 0.682. The van der Waals surface area contributed by atoms with Crippen LogP contribution in [-0.4, -0.2) is 9.55 Å². The van der Waals surface area contributed by atoms with Crippen LogP contribution in [0.15, 0.2) is 47.3 Å². The molecule has 0 aliphatic heterocycles. The number of nitrogens with zero attached hydrogens (tertiary/aromatic N) is 2. The minimum atomic E-state index is -0.896. The van der Waals surface area contributed by atoms with Gasteiger partial charge in [-0.15, -0.1) is 0 Å². The number of hydrogen-bond acceptors (Lipinski definition) is 2. The van der Waals surface area contributed by atoms with Crippen molar-refractivity contribution in [2.45, 2.75) is 0 Å². The van der Waals surface area contributed by atoms with Crippen LogP contribution < -0.4 is 5.56 Å². The van der Waals surface area contributed by atoms with E-state index in [-0.39, 0.29) is 10.9 Å². The summed E-state index contributed by atoms with van der Waals surface area (Å²) in [5.41, 5.74) is 0.189. The average molecular weight is 272 g/mol. The molecular formula is C15H10F2N2O. The standard InChI is InChI=1S/C15H10F2N2O/c1-19-14(9-5-3-2-4-6-9)18-12-8-10(16)7-11(17)13(12)15(19)20/h2-8H,1H3. The molecule has 3 rings (SSSR count). The second-order valence-corrected chi connectivity index (χ2v) is 4.45. The zero-order valence-corrected chi connectivity index (χ0v) is 10.6. The third-order valence-corrected chi connectivity index (χ3v) is 3.13. The Morgan fingerprint density at radius 3 is 2.50 bits per heavy atom. The molecule has 2 aromatic carbocycles. The molecule has 3 nitrogen and oxygen atoms in total. The highest BCUT2D eigenvalue weighted by atomic mass is 19.1. The molecule has 0 N–H and O–H groups in total. The van der Waals surface area contributed by atoms with Crippen LogP contribution in [0, 0.1) is 11.6 Å². The lowest BCUT2D eigenvalue weighted by molar-refractivity contribution is 0.590. The summed E-state index contributed by atoms with van der Waals surface area (Å²) in [4.78, 5) is 16.4. The van der Waals surface area contributed by atoms with Gasteiger partial charge in [-0.05, 0) is 0 Å². The van der Waals surface area contributed by atoms with Crippen molar-refractivity contribution in [2.75, 3.05) is 0 Å². The van der Waals surface area contributed by atoms with Crippen LogP contribution in [0.4, 0.5) is 8.78 Å². The van der Waals surface area contributed by atoms with Crippen LogP contribution in [0.25, 0.3) is 22.3 Å². The number of halogens is 2. The number of aromatic nitrogens is 2. The number of fused-ring (bicyclic) bond motifs is 1. The van der Waals surface area contributed by atoms with E-state index < -0.39 is 17.2 Å². The van der Waals surface area contributed by atoms with E-state index in [9.17, 15) is 13.6 Å². The minimum Gasteiger partial charge on any atom is -0.295 e. The SMILES string of the molecule is Cn1c(-c2ccccc2)nc2cc(F)cc(F)c2c1=O. The van der Waals surface area contributed by atoms with Crippen molar-refractivity contribution in [3.8, 4) is 11.4 Å². The predicted molar refractivity (Wildman–Crippen MR) is 72.3 cm³/mol. The molecule has 100 valence electrons. The van der Waals surface area contributed by atoms with Crippen molar-refractivity contribution in [3.63, 3.8) is 0 Å². The Bertz CT molecular complexity index is 857. The van der Waals surface area contributed by atoms with Gasteiger partial charge in [0.15, 0.2) is 0 Å². The van der Waals surface area contributed by atoms with Crippen LogP contribution in [0.2, 0.25) is 0 Å². The van der Waals surface area contributed by atoms with Crippen molar-refractivity contribution < 1.29 is 8.78 Å². The summed E-state index contributed by atoms with van der Waals surface area (Å²) >= 11 is 0. The van der Waals surface area contributed by atoms with Crippen LogP contribution >= 0.6 is 0 Å². The lowest BCUT2D eigenvalue weighted by Crippen LogP contribution is -2.21. The molecular weight excluding hydrogens is 262 g/mol. The summed E-state index contributed by atoms with van der Waals surface area (Å²) in [5.74, 6) is -1.28. The fraction of sp³-hybridized carbons (Fsp3) is 0.0667. The van der Waals surface area contributed by atoms with Crippen molar-refractivity contribution >= 4 is 10.9 Å². The van der Waals surface area contributed by atoms with Gasteiger partial charge in [0.1, 0.15) is 22.8 Å². The molecule has 0 fully saturated rings. The van der Waals surface area contributed by atoms with Gasteiger partial charge in [0.25, 0.3) is 5.56 Å². The van der Waals surface area contributed by atoms with Gasteiger partial charge in [0.2, 0.25) is 0 Å². The maximum Gasteiger partial charge on any atom is 0.264 e. The molecule has 0 aliphatic carbocycles. The van der Waals surface area contributed by atoms with Crippen molar-refractivity contribution in [3.05, 3.63) is 64.5 Å². The second kappa shape index (κ2) is 4.52. The molecule has 0 amide bonds. The zero-order chi connectivity index (χ0) is 14.3. The maximum absolute atomic E-state index is 13.7. The number of hydrogen-bond donors (Lipinski definition) is 0. The molecule has 20 heavy (non-hydrogen) atoms. The summed E-state index contributed by atoms with van der Waals surface area (Å²) in [6, 6.07) is 10.8. The summed E-state index contributed by atoms with van der Waals surface area (Å²) < 4.78 is 28.3.